The summed E-state index contributed by atoms with van der Waals surface area (Å²) in [6.07, 6.45) is 8.16. The summed E-state index contributed by atoms with van der Waals surface area (Å²) >= 11 is 0. The Labute approximate surface area is 103 Å². The van der Waals surface area contributed by atoms with E-state index in [2.05, 4.69) is 16.9 Å². The van der Waals surface area contributed by atoms with Gasteiger partial charge in [-0.2, -0.15) is 5.10 Å². The molecular formula is C13H21N3O. The van der Waals surface area contributed by atoms with Gasteiger partial charge in [0.15, 0.2) is 0 Å². The zero-order chi connectivity index (χ0) is 12.3. The lowest BCUT2D eigenvalue weighted by Crippen LogP contribution is -2.46. The van der Waals surface area contributed by atoms with Gasteiger partial charge in [-0.15, -0.1) is 0 Å². The molecule has 0 aromatic carbocycles. The highest BCUT2D eigenvalue weighted by atomic mass is 16.2. The maximum absolute atomic E-state index is 12.4. The van der Waals surface area contributed by atoms with Gasteiger partial charge in [0.05, 0.1) is 0 Å². The van der Waals surface area contributed by atoms with E-state index in [1.807, 2.05) is 19.2 Å². The number of carbonyl (C=O) groups is 1. The average Bonchev–Trinajstić information content (AvgIpc) is 2.90. The van der Waals surface area contributed by atoms with E-state index >= 15 is 0 Å². The molecule has 0 spiro atoms. The van der Waals surface area contributed by atoms with Crippen LogP contribution in [0.5, 0.6) is 0 Å². The third kappa shape index (κ3) is 2.51. The van der Waals surface area contributed by atoms with Gasteiger partial charge in [-0.25, -0.2) is 0 Å². The minimum atomic E-state index is -0.183. The number of rotatable bonds is 3. The van der Waals surface area contributed by atoms with E-state index in [0.717, 1.165) is 25.8 Å². The number of hydrogen-bond acceptors (Lipinski definition) is 2. The van der Waals surface area contributed by atoms with Crippen molar-refractivity contribution in [3.05, 3.63) is 18.5 Å². The first-order chi connectivity index (χ1) is 8.24. The molecule has 0 N–H and O–H groups in total. The molecule has 1 amide bonds. The lowest BCUT2D eigenvalue weighted by molar-refractivity contribution is -0.138. The molecule has 0 radical (unpaired) electrons. The van der Waals surface area contributed by atoms with Crippen LogP contribution < -0.4 is 0 Å². The van der Waals surface area contributed by atoms with Crippen LogP contribution in [0.2, 0.25) is 0 Å². The molecule has 1 fully saturated rings. The number of nitrogens with zero attached hydrogens (tertiary/aromatic N) is 3. The van der Waals surface area contributed by atoms with E-state index in [1.54, 1.807) is 10.9 Å². The smallest absolute Gasteiger partial charge is 0.247 e. The molecule has 2 rings (SSSR count). The quantitative estimate of drug-likeness (QED) is 0.805. The number of aromatic nitrogens is 2. The van der Waals surface area contributed by atoms with Crippen LogP contribution in [0.25, 0.3) is 0 Å². The van der Waals surface area contributed by atoms with Crippen LogP contribution in [-0.4, -0.2) is 33.2 Å². The molecule has 0 saturated carbocycles. The van der Waals surface area contributed by atoms with E-state index in [1.165, 1.54) is 6.42 Å². The van der Waals surface area contributed by atoms with Gasteiger partial charge in [-0.3, -0.25) is 9.48 Å². The van der Waals surface area contributed by atoms with Gasteiger partial charge in [0.1, 0.15) is 6.04 Å². The predicted octanol–water partition coefficient (Wildman–Crippen LogP) is 2.24. The van der Waals surface area contributed by atoms with Crippen LogP contribution in [0.3, 0.4) is 0 Å². The molecule has 1 aliphatic rings. The number of carbonyl (C=O) groups excluding carboxylic acids is 1. The summed E-state index contributed by atoms with van der Waals surface area (Å²) in [5, 5.41) is 4.15. The van der Waals surface area contributed by atoms with Crippen molar-refractivity contribution in [1.82, 2.24) is 14.7 Å². The first-order valence-corrected chi connectivity index (χ1v) is 6.53. The molecule has 4 nitrogen and oxygen atoms in total. The highest BCUT2D eigenvalue weighted by Crippen LogP contribution is 2.22. The molecule has 2 unspecified atom stereocenters. The second-order valence-corrected chi connectivity index (χ2v) is 4.75. The minimum absolute atomic E-state index is 0.183. The largest absolute Gasteiger partial charge is 0.338 e. The van der Waals surface area contributed by atoms with Crippen molar-refractivity contribution >= 4 is 5.91 Å². The van der Waals surface area contributed by atoms with Crippen LogP contribution in [0, 0.1) is 0 Å². The van der Waals surface area contributed by atoms with Crippen molar-refractivity contribution in [2.24, 2.45) is 0 Å². The summed E-state index contributed by atoms with van der Waals surface area (Å²) in [6, 6.07) is 2.10. The third-order valence-electron chi connectivity index (χ3n) is 3.66. The molecule has 1 aliphatic heterocycles. The van der Waals surface area contributed by atoms with E-state index in [4.69, 9.17) is 0 Å². The van der Waals surface area contributed by atoms with Crippen LogP contribution in [0.4, 0.5) is 0 Å². The number of likely N-dealkylation sites (tertiary alicyclic amines) is 1. The maximum atomic E-state index is 12.4. The second kappa shape index (κ2) is 5.34. The first-order valence-electron chi connectivity index (χ1n) is 6.53. The predicted molar refractivity (Wildman–Crippen MR) is 66.6 cm³/mol. The Morgan fingerprint density at radius 3 is 3.00 bits per heavy atom. The van der Waals surface area contributed by atoms with Crippen molar-refractivity contribution in [2.75, 3.05) is 6.54 Å². The Morgan fingerprint density at radius 1 is 1.53 bits per heavy atom. The maximum Gasteiger partial charge on any atom is 0.247 e. The molecule has 17 heavy (non-hydrogen) atoms. The average molecular weight is 235 g/mol. The monoisotopic (exact) mass is 235 g/mol. The van der Waals surface area contributed by atoms with E-state index in [0.29, 0.717) is 6.04 Å². The van der Waals surface area contributed by atoms with Crippen molar-refractivity contribution in [3.8, 4) is 0 Å². The fraction of sp³-hybridized carbons (Fsp3) is 0.692. The van der Waals surface area contributed by atoms with Crippen molar-refractivity contribution < 1.29 is 4.79 Å². The summed E-state index contributed by atoms with van der Waals surface area (Å²) < 4.78 is 1.74. The van der Waals surface area contributed by atoms with Gasteiger partial charge >= 0.3 is 0 Å². The summed E-state index contributed by atoms with van der Waals surface area (Å²) in [5.74, 6) is 0.209. The molecule has 2 heterocycles. The molecular weight excluding hydrogens is 214 g/mol. The second-order valence-electron chi connectivity index (χ2n) is 4.75. The minimum Gasteiger partial charge on any atom is -0.338 e. The molecule has 2 atom stereocenters. The first kappa shape index (κ1) is 12.1. The summed E-state index contributed by atoms with van der Waals surface area (Å²) in [6.45, 7) is 4.99. The van der Waals surface area contributed by atoms with E-state index < -0.39 is 0 Å². The van der Waals surface area contributed by atoms with Crippen LogP contribution in [-0.2, 0) is 4.79 Å². The molecule has 4 heteroatoms. The fourth-order valence-corrected chi connectivity index (χ4v) is 2.58. The molecule has 0 bridgehead atoms. The Balaban J connectivity index is 2.07. The lowest BCUT2D eigenvalue weighted by atomic mass is 9.99. The van der Waals surface area contributed by atoms with Gasteiger partial charge in [-0.1, -0.05) is 6.92 Å². The molecule has 1 aromatic rings. The van der Waals surface area contributed by atoms with E-state index in [9.17, 15) is 4.79 Å². The Hall–Kier alpha value is -1.32. The number of piperidine rings is 1. The molecule has 94 valence electrons. The Morgan fingerprint density at radius 2 is 2.35 bits per heavy atom. The van der Waals surface area contributed by atoms with Crippen molar-refractivity contribution in [2.45, 2.75) is 51.6 Å². The summed E-state index contributed by atoms with van der Waals surface area (Å²) in [7, 11) is 0. The topological polar surface area (TPSA) is 38.1 Å². The third-order valence-corrected chi connectivity index (χ3v) is 3.66. The van der Waals surface area contributed by atoms with Crippen LogP contribution in [0.15, 0.2) is 18.5 Å². The van der Waals surface area contributed by atoms with Crippen molar-refractivity contribution in [1.29, 1.82) is 0 Å². The van der Waals surface area contributed by atoms with Gasteiger partial charge in [-0.05, 0) is 38.7 Å². The standard InChI is InChI=1S/C13H21N3O/c1-3-12-7-4-5-9-15(12)13(17)11(2)16-10-6-8-14-16/h6,8,10-12H,3-5,7,9H2,1-2H3. The summed E-state index contributed by atoms with van der Waals surface area (Å²) in [5.41, 5.74) is 0. The SMILES string of the molecule is CCC1CCCCN1C(=O)C(C)n1cccn1. The van der Waals surface area contributed by atoms with E-state index in [-0.39, 0.29) is 11.9 Å². The van der Waals surface area contributed by atoms with Gasteiger partial charge in [0.2, 0.25) is 5.91 Å². The normalized spacial score (nSPS) is 22.5. The van der Waals surface area contributed by atoms with Gasteiger partial charge in [0, 0.05) is 25.0 Å². The number of amides is 1. The van der Waals surface area contributed by atoms with Crippen LogP contribution in [0.1, 0.15) is 45.6 Å². The zero-order valence-corrected chi connectivity index (χ0v) is 10.7. The van der Waals surface area contributed by atoms with Crippen molar-refractivity contribution in [3.63, 3.8) is 0 Å². The molecule has 1 aromatic heterocycles. The Bertz CT molecular complexity index is 361. The zero-order valence-electron chi connectivity index (χ0n) is 10.7. The highest BCUT2D eigenvalue weighted by molar-refractivity contribution is 5.80. The number of hydrogen-bond donors (Lipinski definition) is 0. The van der Waals surface area contributed by atoms with Gasteiger partial charge < -0.3 is 4.90 Å². The lowest BCUT2D eigenvalue weighted by Gasteiger charge is -2.36. The Kier molecular flexibility index (Phi) is 3.82. The molecule has 0 aliphatic carbocycles. The summed E-state index contributed by atoms with van der Waals surface area (Å²) in [4.78, 5) is 14.5. The highest BCUT2D eigenvalue weighted by Gasteiger charge is 2.29. The fourth-order valence-electron chi connectivity index (χ4n) is 2.58. The molecule has 1 saturated heterocycles. The van der Waals surface area contributed by atoms with Gasteiger partial charge in [0.25, 0.3) is 0 Å². The van der Waals surface area contributed by atoms with Crippen LogP contribution >= 0.6 is 0 Å².